The summed E-state index contributed by atoms with van der Waals surface area (Å²) in [7, 11) is 1.68. The van der Waals surface area contributed by atoms with Crippen molar-refractivity contribution in [3.8, 4) is 5.75 Å². The van der Waals surface area contributed by atoms with Crippen LogP contribution in [0.5, 0.6) is 5.75 Å². The number of rotatable bonds is 5. The average molecular weight is 300 g/mol. The van der Waals surface area contributed by atoms with Gasteiger partial charge in [-0.15, -0.1) is 0 Å². The molecule has 1 heterocycles. The first-order valence-corrected chi connectivity index (χ1v) is 6.70. The van der Waals surface area contributed by atoms with E-state index in [1.165, 1.54) is 6.42 Å². The smallest absolute Gasteiger partial charge is 0.119 e. The maximum Gasteiger partial charge on any atom is 0.119 e. The number of ether oxygens (including phenoxy) is 2. The molecule has 0 amide bonds. The van der Waals surface area contributed by atoms with Crippen molar-refractivity contribution in [1.82, 2.24) is 5.32 Å². The van der Waals surface area contributed by atoms with E-state index in [4.69, 9.17) is 9.47 Å². The van der Waals surface area contributed by atoms with Gasteiger partial charge >= 0.3 is 0 Å². The summed E-state index contributed by atoms with van der Waals surface area (Å²) >= 11 is 3.53. The van der Waals surface area contributed by atoms with Crippen LogP contribution >= 0.6 is 15.9 Å². The summed E-state index contributed by atoms with van der Waals surface area (Å²) in [5.74, 6) is 1.54. The largest absolute Gasteiger partial charge is 0.497 e. The molecule has 1 N–H and O–H groups in total. The number of halogens is 1. The van der Waals surface area contributed by atoms with Gasteiger partial charge in [0.25, 0.3) is 0 Å². The maximum atomic E-state index is 5.76. The normalized spacial score (nSPS) is 19.5. The number of hydrogen-bond donors (Lipinski definition) is 1. The highest BCUT2D eigenvalue weighted by Crippen LogP contribution is 2.23. The number of hydrogen-bond acceptors (Lipinski definition) is 3. The lowest BCUT2D eigenvalue weighted by molar-refractivity contribution is 0.0920. The Morgan fingerprint density at radius 2 is 2.35 bits per heavy atom. The fraction of sp³-hybridized carbons (Fsp3) is 0.538. The van der Waals surface area contributed by atoms with Crippen LogP contribution in [0.25, 0.3) is 0 Å². The minimum absolute atomic E-state index is 0.633. The van der Waals surface area contributed by atoms with Crippen LogP contribution in [-0.4, -0.2) is 26.8 Å². The highest BCUT2D eigenvalue weighted by Gasteiger charge is 2.14. The summed E-state index contributed by atoms with van der Waals surface area (Å²) in [6.45, 7) is 3.67. The number of benzene rings is 1. The second-order valence-electron chi connectivity index (χ2n) is 4.33. The van der Waals surface area contributed by atoms with Crippen LogP contribution in [0.15, 0.2) is 22.7 Å². The highest BCUT2D eigenvalue weighted by atomic mass is 79.9. The van der Waals surface area contributed by atoms with Gasteiger partial charge in [0.1, 0.15) is 5.75 Å². The van der Waals surface area contributed by atoms with Gasteiger partial charge in [-0.05, 0) is 42.6 Å². The molecule has 0 radical (unpaired) electrons. The van der Waals surface area contributed by atoms with Crippen LogP contribution in [0, 0.1) is 5.92 Å². The fourth-order valence-electron chi connectivity index (χ4n) is 1.98. The highest BCUT2D eigenvalue weighted by molar-refractivity contribution is 9.10. The predicted molar refractivity (Wildman–Crippen MR) is 71.3 cm³/mol. The predicted octanol–water partition coefficient (Wildman–Crippen LogP) is 2.58. The quantitative estimate of drug-likeness (QED) is 0.906. The minimum atomic E-state index is 0.633. The summed E-state index contributed by atoms with van der Waals surface area (Å²) in [5.41, 5.74) is 1.13. The zero-order valence-corrected chi connectivity index (χ0v) is 11.6. The second kappa shape index (κ2) is 6.38. The second-order valence-corrected chi connectivity index (χ2v) is 5.19. The molecular formula is C13H18BrNO2. The molecule has 0 bridgehead atoms. The zero-order chi connectivity index (χ0) is 12.1. The van der Waals surface area contributed by atoms with Gasteiger partial charge in [-0.25, -0.2) is 0 Å². The topological polar surface area (TPSA) is 30.5 Å². The van der Waals surface area contributed by atoms with Gasteiger partial charge in [-0.2, -0.15) is 0 Å². The SMILES string of the molecule is COc1ccc(Br)c(COCC2CCNC2)c1. The van der Waals surface area contributed by atoms with E-state index < -0.39 is 0 Å². The van der Waals surface area contributed by atoms with Gasteiger partial charge < -0.3 is 14.8 Å². The summed E-state index contributed by atoms with van der Waals surface area (Å²) in [5, 5.41) is 3.34. The van der Waals surface area contributed by atoms with Crippen LogP contribution in [0.3, 0.4) is 0 Å². The molecule has 1 saturated heterocycles. The molecule has 0 saturated carbocycles. The summed E-state index contributed by atoms with van der Waals surface area (Å²) in [6, 6.07) is 5.94. The standard InChI is InChI=1S/C13H18BrNO2/c1-16-12-2-3-13(14)11(6-12)9-17-8-10-4-5-15-7-10/h2-3,6,10,15H,4-5,7-9H2,1H3. The van der Waals surface area contributed by atoms with Crippen LogP contribution in [-0.2, 0) is 11.3 Å². The molecule has 1 atom stereocenters. The first-order chi connectivity index (χ1) is 8.29. The van der Waals surface area contributed by atoms with Gasteiger partial charge in [0.15, 0.2) is 0 Å². The molecule has 0 aromatic heterocycles. The van der Waals surface area contributed by atoms with E-state index in [2.05, 4.69) is 21.2 Å². The van der Waals surface area contributed by atoms with Crippen molar-refractivity contribution in [2.24, 2.45) is 5.92 Å². The minimum Gasteiger partial charge on any atom is -0.497 e. The molecule has 1 unspecified atom stereocenters. The lowest BCUT2D eigenvalue weighted by Crippen LogP contribution is -2.13. The van der Waals surface area contributed by atoms with Crippen molar-refractivity contribution in [3.05, 3.63) is 28.2 Å². The molecule has 17 heavy (non-hydrogen) atoms. The third kappa shape index (κ3) is 3.69. The molecule has 3 nitrogen and oxygen atoms in total. The molecule has 1 fully saturated rings. The molecule has 4 heteroatoms. The van der Waals surface area contributed by atoms with E-state index in [9.17, 15) is 0 Å². The first kappa shape index (κ1) is 12.9. The Hall–Kier alpha value is -0.580. The lowest BCUT2D eigenvalue weighted by Gasteiger charge is -2.11. The van der Waals surface area contributed by atoms with E-state index in [-0.39, 0.29) is 0 Å². The monoisotopic (exact) mass is 299 g/mol. The molecule has 1 aliphatic heterocycles. The van der Waals surface area contributed by atoms with E-state index >= 15 is 0 Å². The van der Waals surface area contributed by atoms with Crippen LogP contribution in [0.1, 0.15) is 12.0 Å². The Labute approximate surface area is 111 Å². The van der Waals surface area contributed by atoms with E-state index in [0.717, 1.165) is 35.5 Å². The Morgan fingerprint density at radius 3 is 3.06 bits per heavy atom. The van der Waals surface area contributed by atoms with E-state index in [1.807, 2.05) is 18.2 Å². The molecular weight excluding hydrogens is 282 g/mol. The molecule has 1 aromatic carbocycles. The molecule has 94 valence electrons. The summed E-state index contributed by atoms with van der Waals surface area (Å²) < 4.78 is 12.0. The van der Waals surface area contributed by atoms with E-state index in [0.29, 0.717) is 12.5 Å². The third-order valence-electron chi connectivity index (χ3n) is 3.03. The maximum absolute atomic E-state index is 5.76. The molecule has 2 rings (SSSR count). The van der Waals surface area contributed by atoms with Crippen molar-refractivity contribution < 1.29 is 9.47 Å². The van der Waals surface area contributed by atoms with Gasteiger partial charge in [0.05, 0.1) is 20.3 Å². The van der Waals surface area contributed by atoms with Crippen LogP contribution in [0.4, 0.5) is 0 Å². The van der Waals surface area contributed by atoms with Crippen molar-refractivity contribution >= 4 is 15.9 Å². The van der Waals surface area contributed by atoms with Crippen molar-refractivity contribution in [2.45, 2.75) is 13.0 Å². The Kier molecular flexibility index (Phi) is 4.83. The summed E-state index contributed by atoms with van der Waals surface area (Å²) in [6.07, 6.45) is 1.22. The Bertz CT molecular complexity index is 364. The molecule has 1 aromatic rings. The van der Waals surface area contributed by atoms with Crippen LogP contribution in [0.2, 0.25) is 0 Å². The molecule has 1 aliphatic rings. The Balaban J connectivity index is 1.84. The lowest BCUT2D eigenvalue weighted by atomic mass is 10.1. The first-order valence-electron chi connectivity index (χ1n) is 5.90. The van der Waals surface area contributed by atoms with Gasteiger partial charge in [-0.1, -0.05) is 15.9 Å². The van der Waals surface area contributed by atoms with Crippen molar-refractivity contribution in [2.75, 3.05) is 26.8 Å². The van der Waals surface area contributed by atoms with Crippen LogP contribution < -0.4 is 10.1 Å². The fourth-order valence-corrected chi connectivity index (χ4v) is 2.34. The van der Waals surface area contributed by atoms with Crippen molar-refractivity contribution in [1.29, 1.82) is 0 Å². The average Bonchev–Trinajstić information content (AvgIpc) is 2.84. The number of nitrogens with one attached hydrogen (secondary N) is 1. The van der Waals surface area contributed by atoms with Crippen molar-refractivity contribution in [3.63, 3.8) is 0 Å². The van der Waals surface area contributed by atoms with Gasteiger partial charge in [0.2, 0.25) is 0 Å². The molecule has 0 aliphatic carbocycles. The Morgan fingerprint density at radius 1 is 1.47 bits per heavy atom. The third-order valence-corrected chi connectivity index (χ3v) is 3.80. The van der Waals surface area contributed by atoms with Gasteiger partial charge in [0, 0.05) is 11.0 Å². The van der Waals surface area contributed by atoms with Gasteiger partial charge in [-0.3, -0.25) is 0 Å². The summed E-state index contributed by atoms with van der Waals surface area (Å²) in [4.78, 5) is 0. The van der Waals surface area contributed by atoms with E-state index in [1.54, 1.807) is 7.11 Å². The zero-order valence-electron chi connectivity index (χ0n) is 10.0. The number of methoxy groups -OCH3 is 1. The molecule has 0 spiro atoms.